The number of hydrogen-bond acceptors (Lipinski definition) is 3. The van der Waals surface area contributed by atoms with Crippen LogP contribution < -0.4 is 14.8 Å². The van der Waals surface area contributed by atoms with Crippen LogP contribution in [-0.4, -0.2) is 18.6 Å². The maximum Gasteiger partial charge on any atom is 0.244 e. The zero-order valence-corrected chi connectivity index (χ0v) is 15.8. The van der Waals surface area contributed by atoms with Gasteiger partial charge in [0.2, 0.25) is 5.91 Å². The fourth-order valence-electron chi connectivity index (χ4n) is 3.05. The fraction of sp³-hybridized carbons (Fsp3) is 0.286. The first-order valence-electron chi connectivity index (χ1n) is 8.47. The van der Waals surface area contributed by atoms with Gasteiger partial charge < -0.3 is 14.8 Å². The van der Waals surface area contributed by atoms with Gasteiger partial charge in [0, 0.05) is 29.1 Å². The number of hydrogen-bond donors (Lipinski definition) is 1. The lowest BCUT2D eigenvalue weighted by Gasteiger charge is -2.37. The number of benzene rings is 2. The minimum atomic E-state index is -0.378. The zero-order valence-electron chi connectivity index (χ0n) is 15.1. The van der Waals surface area contributed by atoms with E-state index in [2.05, 4.69) is 5.32 Å². The third kappa shape index (κ3) is 4.38. The molecule has 1 atom stereocenters. The van der Waals surface area contributed by atoms with Crippen LogP contribution in [0, 0.1) is 0 Å². The Bertz CT molecular complexity index is 828. The largest absolute Gasteiger partial charge is 0.497 e. The molecule has 0 bridgehead atoms. The van der Waals surface area contributed by atoms with Crippen LogP contribution in [0.25, 0.3) is 6.08 Å². The summed E-state index contributed by atoms with van der Waals surface area (Å²) in [5.74, 6) is 1.33. The lowest BCUT2D eigenvalue weighted by molar-refractivity contribution is -0.117. The minimum Gasteiger partial charge on any atom is -0.497 e. The summed E-state index contributed by atoms with van der Waals surface area (Å²) < 4.78 is 11.3. The first-order valence-corrected chi connectivity index (χ1v) is 8.85. The van der Waals surface area contributed by atoms with Gasteiger partial charge in [-0.1, -0.05) is 23.7 Å². The molecule has 0 saturated carbocycles. The minimum absolute atomic E-state index is 0.123. The Morgan fingerprint density at radius 3 is 2.69 bits per heavy atom. The lowest BCUT2D eigenvalue weighted by atomic mass is 9.89. The van der Waals surface area contributed by atoms with E-state index < -0.39 is 0 Å². The SMILES string of the molecule is COc1ccc2c(c1)OC(C)(C)C[C@@H]2NC(=O)/C=C/c1ccc(Cl)cc1. The molecule has 0 unspecified atom stereocenters. The molecule has 1 aliphatic rings. The van der Waals surface area contributed by atoms with E-state index in [1.54, 1.807) is 25.3 Å². The van der Waals surface area contributed by atoms with Gasteiger partial charge in [-0.05, 0) is 49.8 Å². The summed E-state index contributed by atoms with van der Waals surface area (Å²) in [5.41, 5.74) is 1.50. The summed E-state index contributed by atoms with van der Waals surface area (Å²) >= 11 is 5.88. The van der Waals surface area contributed by atoms with E-state index in [1.807, 2.05) is 44.2 Å². The highest BCUT2D eigenvalue weighted by molar-refractivity contribution is 6.30. The molecule has 1 amide bonds. The van der Waals surface area contributed by atoms with Crippen LogP contribution in [0.2, 0.25) is 5.02 Å². The lowest BCUT2D eigenvalue weighted by Crippen LogP contribution is -2.40. The number of amides is 1. The van der Waals surface area contributed by atoms with Gasteiger partial charge in [0.15, 0.2) is 0 Å². The maximum absolute atomic E-state index is 12.4. The van der Waals surface area contributed by atoms with Crippen molar-refractivity contribution in [3.05, 3.63) is 64.7 Å². The Morgan fingerprint density at radius 2 is 2.00 bits per heavy atom. The Hall–Kier alpha value is -2.46. The van der Waals surface area contributed by atoms with Crippen molar-refractivity contribution in [1.29, 1.82) is 0 Å². The van der Waals surface area contributed by atoms with Crippen LogP contribution in [0.3, 0.4) is 0 Å². The van der Waals surface area contributed by atoms with Gasteiger partial charge in [-0.15, -0.1) is 0 Å². The number of rotatable bonds is 4. The van der Waals surface area contributed by atoms with Gasteiger partial charge in [-0.25, -0.2) is 0 Å². The van der Waals surface area contributed by atoms with Crippen LogP contribution >= 0.6 is 11.6 Å². The molecule has 3 rings (SSSR count). The van der Waals surface area contributed by atoms with Gasteiger partial charge in [0.1, 0.15) is 17.1 Å². The maximum atomic E-state index is 12.4. The van der Waals surface area contributed by atoms with Crippen LogP contribution in [0.1, 0.15) is 37.4 Å². The number of halogens is 1. The highest BCUT2D eigenvalue weighted by atomic mass is 35.5. The molecule has 1 heterocycles. The molecule has 0 aromatic heterocycles. The van der Waals surface area contributed by atoms with Crippen molar-refractivity contribution in [2.75, 3.05) is 7.11 Å². The Balaban J connectivity index is 1.76. The van der Waals surface area contributed by atoms with Crippen molar-refractivity contribution in [2.24, 2.45) is 0 Å². The monoisotopic (exact) mass is 371 g/mol. The van der Waals surface area contributed by atoms with E-state index >= 15 is 0 Å². The first kappa shape index (κ1) is 18.3. The van der Waals surface area contributed by atoms with Crippen molar-refractivity contribution in [3.8, 4) is 11.5 Å². The van der Waals surface area contributed by atoms with Crippen molar-refractivity contribution >= 4 is 23.6 Å². The Labute approximate surface area is 158 Å². The van der Waals surface area contributed by atoms with Gasteiger partial charge >= 0.3 is 0 Å². The van der Waals surface area contributed by atoms with Gasteiger partial charge in [0.05, 0.1) is 13.2 Å². The van der Waals surface area contributed by atoms with E-state index in [9.17, 15) is 4.79 Å². The number of methoxy groups -OCH3 is 1. The zero-order chi connectivity index (χ0) is 18.7. The van der Waals surface area contributed by atoms with E-state index in [0.717, 1.165) is 22.6 Å². The predicted octanol–water partition coefficient (Wildman–Crippen LogP) is 4.78. The molecule has 0 radical (unpaired) electrons. The van der Waals surface area contributed by atoms with E-state index in [-0.39, 0.29) is 17.6 Å². The molecule has 2 aromatic rings. The third-order valence-corrected chi connectivity index (χ3v) is 4.54. The molecule has 1 N–H and O–H groups in total. The van der Waals surface area contributed by atoms with E-state index in [4.69, 9.17) is 21.1 Å². The van der Waals surface area contributed by atoms with Crippen LogP contribution in [0.5, 0.6) is 11.5 Å². The second-order valence-corrected chi connectivity index (χ2v) is 7.35. The topological polar surface area (TPSA) is 47.6 Å². The summed E-state index contributed by atoms with van der Waals surface area (Å²) in [6.07, 6.45) is 3.99. The molecule has 136 valence electrons. The number of carbonyl (C=O) groups is 1. The molecular formula is C21H22ClNO3. The van der Waals surface area contributed by atoms with Gasteiger partial charge in [-0.3, -0.25) is 4.79 Å². The second kappa shape index (κ2) is 7.42. The number of fused-ring (bicyclic) bond motifs is 1. The molecule has 5 heteroatoms. The van der Waals surface area contributed by atoms with Crippen LogP contribution in [0.15, 0.2) is 48.5 Å². The molecule has 0 spiro atoms. The predicted molar refractivity (Wildman–Crippen MR) is 104 cm³/mol. The first-order chi connectivity index (χ1) is 12.4. The molecular weight excluding hydrogens is 350 g/mol. The average molecular weight is 372 g/mol. The average Bonchev–Trinajstić information content (AvgIpc) is 2.59. The second-order valence-electron chi connectivity index (χ2n) is 6.92. The molecule has 0 saturated heterocycles. The van der Waals surface area contributed by atoms with Crippen LogP contribution in [0.4, 0.5) is 0 Å². The normalized spacial score (nSPS) is 18.1. The van der Waals surface area contributed by atoms with E-state index in [0.29, 0.717) is 11.4 Å². The number of carbonyl (C=O) groups excluding carboxylic acids is 1. The quantitative estimate of drug-likeness (QED) is 0.787. The fourth-order valence-corrected chi connectivity index (χ4v) is 3.18. The molecule has 0 fully saturated rings. The highest BCUT2D eigenvalue weighted by Crippen LogP contribution is 2.41. The number of ether oxygens (including phenoxy) is 2. The smallest absolute Gasteiger partial charge is 0.244 e. The molecule has 2 aromatic carbocycles. The summed E-state index contributed by atoms with van der Waals surface area (Å²) in [6.45, 7) is 4.02. The van der Waals surface area contributed by atoms with Crippen LogP contribution in [-0.2, 0) is 4.79 Å². The van der Waals surface area contributed by atoms with Crippen molar-refractivity contribution in [1.82, 2.24) is 5.32 Å². The summed E-state index contributed by atoms with van der Waals surface area (Å²) in [4.78, 5) is 12.4. The molecule has 26 heavy (non-hydrogen) atoms. The van der Waals surface area contributed by atoms with Crippen molar-refractivity contribution in [2.45, 2.75) is 31.9 Å². The Kier molecular flexibility index (Phi) is 5.23. The Morgan fingerprint density at radius 1 is 1.27 bits per heavy atom. The standard InChI is InChI=1S/C21H22ClNO3/c1-21(2)13-18(17-10-9-16(25-3)12-19(17)26-21)23-20(24)11-6-14-4-7-15(22)8-5-14/h4-12,18H,13H2,1-3H3,(H,23,24)/b11-6+/t18-/m0/s1. The van der Waals surface area contributed by atoms with Crippen molar-refractivity contribution in [3.63, 3.8) is 0 Å². The van der Waals surface area contributed by atoms with E-state index in [1.165, 1.54) is 6.08 Å². The summed E-state index contributed by atoms with van der Waals surface area (Å²) in [5, 5.41) is 3.75. The summed E-state index contributed by atoms with van der Waals surface area (Å²) in [6, 6.07) is 12.9. The summed E-state index contributed by atoms with van der Waals surface area (Å²) in [7, 11) is 1.62. The molecule has 4 nitrogen and oxygen atoms in total. The van der Waals surface area contributed by atoms with Gasteiger partial charge in [0.25, 0.3) is 0 Å². The number of nitrogens with one attached hydrogen (secondary N) is 1. The van der Waals surface area contributed by atoms with Gasteiger partial charge in [-0.2, -0.15) is 0 Å². The third-order valence-electron chi connectivity index (χ3n) is 4.29. The highest BCUT2D eigenvalue weighted by Gasteiger charge is 2.34. The van der Waals surface area contributed by atoms with Crippen molar-refractivity contribution < 1.29 is 14.3 Å². The molecule has 1 aliphatic heterocycles. The molecule has 0 aliphatic carbocycles.